The number of carbonyl (C=O) groups is 2. The second-order valence-corrected chi connectivity index (χ2v) is 6.09. The first-order valence-electron chi connectivity index (χ1n) is 7.61. The van der Waals surface area contributed by atoms with Gasteiger partial charge in [0, 0.05) is 16.5 Å². The molecule has 3 nitrogen and oxygen atoms in total. The predicted molar refractivity (Wildman–Crippen MR) is 89.1 cm³/mol. The molecule has 112 valence electrons. The number of benzene rings is 2. The predicted octanol–water partition coefficient (Wildman–Crippen LogP) is 4.01. The Morgan fingerprint density at radius 1 is 0.870 bits per heavy atom. The van der Waals surface area contributed by atoms with Gasteiger partial charge in [-0.05, 0) is 37.1 Å². The molecular formula is C20H15NO2. The topological polar surface area (TPSA) is 47.0 Å². The van der Waals surface area contributed by atoms with E-state index in [1.165, 1.54) is 0 Å². The van der Waals surface area contributed by atoms with Crippen molar-refractivity contribution in [1.82, 2.24) is 4.98 Å². The van der Waals surface area contributed by atoms with Crippen molar-refractivity contribution in [3.05, 3.63) is 76.5 Å². The van der Waals surface area contributed by atoms with E-state index in [-0.39, 0.29) is 11.6 Å². The molecule has 3 heteroatoms. The van der Waals surface area contributed by atoms with Crippen molar-refractivity contribution in [2.24, 2.45) is 0 Å². The van der Waals surface area contributed by atoms with E-state index >= 15 is 0 Å². The summed E-state index contributed by atoms with van der Waals surface area (Å²) in [7, 11) is 0. The van der Waals surface area contributed by atoms with Gasteiger partial charge in [-0.1, -0.05) is 36.4 Å². The van der Waals surface area contributed by atoms with Crippen LogP contribution in [0.2, 0.25) is 0 Å². The van der Waals surface area contributed by atoms with E-state index in [1.807, 2.05) is 26.0 Å². The lowest BCUT2D eigenvalue weighted by Crippen LogP contribution is -2.14. The first-order chi connectivity index (χ1) is 11.1. The summed E-state index contributed by atoms with van der Waals surface area (Å²) in [6, 6.07) is 14.8. The summed E-state index contributed by atoms with van der Waals surface area (Å²) in [6.45, 7) is 4.06. The number of carbonyl (C=O) groups excluding carboxylic acids is 2. The molecule has 0 radical (unpaired) electrons. The van der Waals surface area contributed by atoms with E-state index in [0.717, 1.165) is 22.0 Å². The lowest BCUT2D eigenvalue weighted by atomic mass is 9.97. The third kappa shape index (κ3) is 2.00. The molecule has 3 aromatic rings. The van der Waals surface area contributed by atoms with E-state index in [1.54, 1.807) is 30.3 Å². The Kier molecular flexibility index (Phi) is 2.91. The van der Waals surface area contributed by atoms with E-state index in [4.69, 9.17) is 0 Å². The van der Waals surface area contributed by atoms with Gasteiger partial charge in [0.05, 0.1) is 11.2 Å². The summed E-state index contributed by atoms with van der Waals surface area (Å²) >= 11 is 0. The molecule has 0 unspecified atom stereocenters. The van der Waals surface area contributed by atoms with Crippen LogP contribution in [0.1, 0.15) is 43.5 Å². The third-order valence-corrected chi connectivity index (χ3v) is 4.46. The second kappa shape index (κ2) is 4.85. The van der Waals surface area contributed by atoms with Crippen LogP contribution in [0.5, 0.6) is 0 Å². The summed E-state index contributed by atoms with van der Waals surface area (Å²) in [5, 5.41) is 1.05. The fraction of sp³-hybridized carbons (Fsp3) is 0.150. The molecule has 2 aromatic carbocycles. The summed E-state index contributed by atoms with van der Waals surface area (Å²) in [5.74, 6) is -1.11. The van der Waals surface area contributed by atoms with Crippen LogP contribution in [-0.2, 0) is 0 Å². The van der Waals surface area contributed by atoms with Crippen molar-refractivity contribution in [2.45, 2.75) is 19.8 Å². The minimum Gasteiger partial charge on any atom is -0.293 e. The van der Waals surface area contributed by atoms with Crippen molar-refractivity contribution >= 4 is 22.5 Å². The standard InChI is InChI=1S/C20H15NO2/c1-11-9-12(2)13-7-8-16(21-17(13)10-11)18-19(22)14-5-3-4-6-15(14)20(18)23/h3-10,18H,1-2H3. The number of hydrogen-bond acceptors (Lipinski definition) is 3. The highest BCUT2D eigenvalue weighted by Gasteiger charge is 2.40. The van der Waals surface area contributed by atoms with E-state index < -0.39 is 5.92 Å². The van der Waals surface area contributed by atoms with E-state index in [2.05, 4.69) is 11.1 Å². The highest BCUT2D eigenvalue weighted by Crippen LogP contribution is 2.34. The zero-order valence-electron chi connectivity index (χ0n) is 13.0. The number of pyridine rings is 1. The average molecular weight is 301 g/mol. The van der Waals surface area contributed by atoms with Crippen LogP contribution < -0.4 is 0 Å². The van der Waals surface area contributed by atoms with Gasteiger partial charge < -0.3 is 0 Å². The average Bonchev–Trinajstić information content (AvgIpc) is 2.78. The highest BCUT2D eigenvalue weighted by atomic mass is 16.2. The molecule has 0 amide bonds. The number of fused-ring (bicyclic) bond motifs is 2. The lowest BCUT2D eigenvalue weighted by molar-refractivity contribution is 0.0888. The molecule has 0 bridgehead atoms. The van der Waals surface area contributed by atoms with E-state index in [0.29, 0.717) is 16.8 Å². The molecule has 0 saturated carbocycles. The van der Waals surface area contributed by atoms with Gasteiger partial charge in [0.15, 0.2) is 11.6 Å². The third-order valence-electron chi connectivity index (χ3n) is 4.46. The number of ketones is 2. The number of Topliss-reactive ketones (excluding diaryl/α,β-unsaturated/α-hetero) is 2. The van der Waals surface area contributed by atoms with Crippen molar-refractivity contribution in [3.63, 3.8) is 0 Å². The Morgan fingerprint density at radius 2 is 1.52 bits per heavy atom. The fourth-order valence-electron chi connectivity index (χ4n) is 3.38. The molecule has 23 heavy (non-hydrogen) atoms. The molecule has 4 rings (SSSR count). The molecule has 0 fully saturated rings. The number of aryl methyl sites for hydroxylation is 2. The molecule has 0 spiro atoms. The maximum Gasteiger partial charge on any atom is 0.180 e. The van der Waals surface area contributed by atoms with Gasteiger partial charge in [0.2, 0.25) is 0 Å². The summed E-state index contributed by atoms with van der Waals surface area (Å²) < 4.78 is 0. The smallest absolute Gasteiger partial charge is 0.180 e. The molecule has 0 N–H and O–H groups in total. The molecule has 1 aromatic heterocycles. The Morgan fingerprint density at radius 3 is 2.17 bits per heavy atom. The maximum atomic E-state index is 12.6. The van der Waals surface area contributed by atoms with Crippen LogP contribution in [0.15, 0.2) is 48.5 Å². The van der Waals surface area contributed by atoms with E-state index in [9.17, 15) is 9.59 Å². The molecular weight excluding hydrogens is 286 g/mol. The van der Waals surface area contributed by atoms with Crippen LogP contribution in [0.3, 0.4) is 0 Å². The zero-order valence-corrected chi connectivity index (χ0v) is 13.0. The normalized spacial score (nSPS) is 14.5. The van der Waals surface area contributed by atoms with Crippen molar-refractivity contribution in [3.8, 4) is 0 Å². The Labute approximate surface area is 134 Å². The minimum absolute atomic E-state index is 0.151. The van der Waals surface area contributed by atoms with Crippen LogP contribution in [0.4, 0.5) is 0 Å². The van der Waals surface area contributed by atoms with Gasteiger partial charge in [-0.25, -0.2) is 0 Å². The van der Waals surface area contributed by atoms with Gasteiger partial charge in [0.1, 0.15) is 5.92 Å². The van der Waals surface area contributed by atoms with Gasteiger partial charge >= 0.3 is 0 Å². The van der Waals surface area contributed by atoms with Gasteiger partial charge in [0.25, 0.3) is 0 Å². The lowest BCUT2D eigenvalue weighted by Gasteiger charge is -2.10. The first kappa shape index (κ1) is 13.8. The monoisotopic (exact) mass is 301 g/mol. The molecule has 0 saturated heterocycles. The highest BCUT2D eigenvalue weighted by molar-refractivity contribution is 6.29. The van der Waals surface area contributed by atoms with Crippen LogP contribution in [0, 0.1) is 13.8 Å². The summed E-state index contributed by atoms with van der Waals surface area (Å²) in [4.78, 5) is 29.9. The van der Waals surface area contributed by atoms with Crippen molar-refractivity contribution in [2.75, 3.05) is 0 Å². The Balaban J connectivity index is 1.88. The molecule has 0 aliphatic heterocycles. The fourth-order valence-corrected chi connectivity index (χ4v) is 3.38. The van der Waals surface area contributed by atoms with Crippen LogP contribution >= 0.6 is 0 Å². The molecule has 1 heterocycles. The largest absolute Gasteiger partial charge is 0.293 e. The number of nitrogens with zero attached hydrogens (tertiary/aromatic N) is 1. The maximum absolute atomic E-state index is 12.6. The minimum atomic E-state index is -0.808. The van der Waals surface area contributed by atoms with Crippen LogP contribution in [-0.4, -0.2) is 16.6 Å². The SMILES string of the molecule is Cc1cc(C)c2ccc(C3C(=O)c4ccccc4C3=O)nc2c1. The second-order valence-electron chi connectivity index (χ2n) is 6.09. The molecule has 1 aliphatic carbocycles. The number of hydrogen-bond donors (Lipinski definition) is 0. The number of aromatic nitrogens is 1. The number of rotatable bonds is 1. The van der Waals surface area contributed by atoms with Gasteiger partial charge in [-0.15, -0.1) is 0 Å². The van der Waals surface area contributed by atoms with Crippen molar-refractivity contribution in [1.29, 1.82) is 0 Å². The zero-order chi connectivity index (χ0) is 16.1. The Hall–Kier alpha value is -2.81. The molecule has 0 atom stereocenters. The quantitative estimate of drug-likeness (QED) is 0.638. The van der Waals surface area contributed by atoms with Crippen LogP contribution in [0.25, 0.3) is 10.9 Å². The summed E-state index contributed by atoms with van der Waals surface area (Å²) in [5.41, 5.74) is 4.64. The Bertz CT molecular complexity index is 953. The van der Waals surface area contributed by atoms with Crippen molar-refractivity contribution < 1.29 is 9.59 Å². The summed E-state index contributed by atoms with van der Waals surface area (Å²) in [6.07, 6.45) is 0. The first-order valence-corrected chi connectivity index (χ1v) is 7.61. The van der Waals surface area contributed by atoms with Gasteiger partial charge in [-0.2, -0.15) is 0 Å². The van der Waals surface area contributed by atoms with Gasteiger partial charge in [-0.3, -0.25) is 14.6 Å². The molecule has 1 aliphatic rings.